The van der Waals surface area contributed by atoms with Crippen molar-refractivity contribution in [2.24, 2.45) is 0 Å². The first-order valence-corrected chi connectivity index (χ1v) is 11.9. The summed E-state index contributed by atoms with van der Waals surface area (Å²) in [4.78, 5) is 11.8. The molecule has 0 aromatic heterocycles. The second-order valence-corrected chi connectivity index (χ2v) is 9.48. The van der Waals surface area contributed by atoms with Gasteiger partial charge in [-0.1, -0.05) is 24.0 Å². The molecule has 0 saturated heterocycles. The number of carbonyl (C=O) groups is 1. The largest absolute Gasteiger partial charge is 0.482 e. The van der Waals surface area contributed by atoms with Crippen molar-refractivity contribution >= 4 is 17.6 Å². The lowest BCUT2D eigenvalue weighted by atomic mass is 9.89. The maximum absolute atomic E-state index is 11.8. The van der Waals surface area contributed by atoms with Gasteiger partial charge in [0.1, 0.15) is 11.4 Å². The number of carbonyl (C=O) groups excluding carboxylic acids is 1. The van der Waals surface area contributed by atoms with Crippen LogP contribution in [0.25, 0.3) is 11.6 Å². The molecule has 168 valence electrons. The lowest BCUT2D eigenvalue weighted by Crippen LogP contribution is -2.25. The molecule has 2 saturated carbocycles. The Bertz CT molecular complexity index is 1240. The van der Waals surface area contributed by atoms with Crippen LogP contribution in [0.3, 0.4) is 0 Å². The molecule has 1 aliphatic heterocycles. The summed E-state index contributed by atoms with van der Waals surface area (Å²) in [6, 6.07) is 12.4. The molecule has 2 aliphatic carbocycles. The molecule has 3 aliphatic rings. The average Bonchev–Trinajstić information content (AvgIpc) is 3.73. The van der Waals surface area contributed by atoms with E-state index in [0.717, 1.165) is 35.3 Å². The van der Waals surface area contributed by atoms with Gasteiger partial charge in [-0.2, -0.15) is 0 Å². The Morgan fingerprint density at radius 3 is 2.45 bits per heavy atom. The molecule has 3 nitrogen and oxygen atoms in total. The molecule has 1 heterocycles. The quantitative estimate of drug-likeness (QED) is 0.305. The molecule has 0 radical (unpaired) electrons. The van der Waals surface area contributed by atoms with Crippen molar-refractivity contribution < 1.29 is 14.3 Å². The molecule has 0 atom stereocenters. The number of ether oxygens (including phenoxy) is 2. The highest BCUT2D eigenvalue weighted by Crippen LogP contribution is 2.56. The third kappa shape index (κ3) is 4.23. The second-order valence-electron chi connectivity index (χ2n) is 9.48. The minimum absolute atomic E-state index is 0.0320. The predicted molar refractivity (Wildman–Crippen MR) is 132 cm³/mol. The van der Waals surface area contributed by atoms with Gasteiger partial charge >= 0.3 is 5.97 Å². The second kappa shape index (κ2) is 8.27. The minimum Gasteiger partial charge on any atom is -0.482 e. The Kier molecular flexibility index (Phi) is 5.41. The maximum Gasteiger partial charge on any atom is 0.333 e. The summed E-state index contributed by atoms with van der Waals surface area (Å²) < 4.78 is 11.6. The topological polar surface area (TPSA) is 35.5 Å². The Morgan fingerprint density at radius 1 is 1.12 bits per heavy atom. The molecule has 3 heteroatoms. The van der Waals surface area contributed by atoms with Crippen molar-refractivity contribution in [3.05, 3.63) is 75.4 Å². The maximum atomic E-state index is 11.8. The average molecular weight is 439 g/mol. The molecule has 1 spiro atoms. The molecule has 5 rings (SSSR count). The van der Waals surface area contributed by atoms with E-state index in [2.05, 4.69) is 37.8 Å². The highest BCUT2D eigenvalue weighted by molar-refractivity contribution is 5.93. The Morgan fingerprint density at radius 2 is 1.82 bits per heavy atom. The summed E-state index contributed by atoms with van der Waals surface area (Å²) in [6.07, 6.45) is 6.57. The van der Waals surface area contributed by atoms with E-state index >= 15 is 0 Å². The molecule has 33 heavy (non-hydrogen) atoms. The zero-order valence-electron chi connectivity index (χ0n) is 19.9. The van der Waals surface area contributed by atoms with Gasteiger partial charge in [-0.05, 0) is 112 Å². The zero-order chi connectivity index (χ0) is 23.2. The first kappa shape index (κ1) is 21.6. The van der Waals surface area contributed by atoms with Gasteiger partial charge in [0.25, 0.3) is 0 Å². The van der Waals surface area contributed by atoms with Gasteiger partial charge in [0, 0.05) is 22.3 Å². The van der Waals surface area contributed by atoms with Crippen LogP contribution in [0.15, 0.2) is 47.5 Å². The molecular weight excluding hydrogens is 408 g/mol. The van der Waals surface area contributed by atoms with Gasteiger partial charge in [-0.3, -0.25) is 0 Å². The Labute approximate surface area is 196 Å². The lowest BCUT2D eigenvalue weighted by molar-refractivity contribution is -0.138. The van der Waals surface area contributed by atoms with Crippen molar-refractivity contribution in [2.45, 2.75) is 64.9 Å². The third-order valence-corrected chi connectivity index (χ3v) is 7.03. The van der Waals surface area contributed by atoms with E-state index < -0.39 is 0 Å². The van der Waals surface area contributed by atoms with Gasteiger partial charge in [0.05, 0.1) is 6.61 Å². The normalized spacial score (nSPS) is 18.2. The molecule has 0 N–H and O–H groups in total. The zero-order valence-corrected chi connectivity index (χ0v) is 19.9. The van der Waals surface area contributed by atoms with Crippen molar-refractivity contribution in [1.82, 2.24) is 0 Å². The molecule has 0 bridgehead atoms. The highest BCUT2D eigenvalue weighted by Gasteiger charge is 2.51. The van der Waals surface area contributed by atoms with Gasteiger partial charge in [0.15, 0.2) is 0 Å². The highest BCUT2D eigenvalue weighted by atomic mass is 16.5. The number of fused-ring (bicyclic) bond motifs is 1. The fraction of sp³-hybridized carbons (Fsp3) is 0.367. The number of esters is 1. The molecule has 2 fully saturated rings. The van der Waals surface area contributed by atoms with Crippen molar-refractivity contribution in [3.8, 4) is 17.6 Å². The lowest BCUT2D eigenvalue weighted by Gasteiger charge is -2.31. The fourth-order valence-corrected chi connectivity index (χ4v) is 4.58. The number of benzene rings is 2. The van der Waals surface area contributed by atoms with Crippen LogP contribution in [-0.2, 0) is 9.53 Å². The fourth-order valence-electron chi connectivity index (χ4n) is 4.58. The molecule has 2 aromatic rings. The summed E-state index contributed by atoms with van der Waals surface area (Å²) >= 11 is 0. The van der Waals surface area contributed by atoms with Crippen LogP contribution in [0.1, 0.15) is 87.1 Å². The third-order valence-electron chi connectivity index (χ3n) is 7.03. The van der Waals surface area contributed by atoms with Crippen LogP contribution in [0.4, 0.5) is 0 Å². The van der Waals surface area contributed by atoms with Crippen LogP contribution >= 0.6 is 0 Å². The molecular formula is C30H30O3. The van der Waals surface area contributed by atoms with E-state index in [4.69, 9.17) is 9.47 Å². The number of hydrogen-bond acceptors (Lipinski definition) is 3. The summed E-state index contributed by atoms with van der Waals surface area (Å²) in [5, 5.41) is 0. The van der Waals surface area contributed by atoms with Crippen LogP contribution < -0.4 is 4.74 Å². The van der Waals surface area contributed by atoms with Gasteiger partial charge in [0.2, 0.25) is 0 Å². The van der Waals surface area contributed by atoms with Gasteiger partial charge in [-0.15, -0.1) is 0 Å². The molecule has 0 unspecified atom stereocenters. The van der Waals surface area contributed by atoms with E-state index in [1.165, 1.54) is 35.1 Å². The molecule has 0 amide bonds. The SMILES string of the molecule is CCOC(=O)C(C)=Cc1ccc(C#Cc2cc3c(c(C4CC4)c2)OC2(CC2)C(C)=C3C)cc1. The first-order valence-electron chi connectivity index (χ1n) is 11.9. The van der Waals surface area contributed by atoms with Crippen LogP contribution in [0.2, 0.25) is 0 Å². The first-order chi connectivity index (χ1) is 15.9. The van der Waals surface area contributed by atoms with Crippen molar-refractivity contribution in [1.29, 1.82) is 0 Å². The number of allylic oxidation sites excluding steroid dienone is 1. The van der Waals surface area contributed by atoms with E-state index in [1.54, 1.807) is 6.92 Å². The predicted octanol–water partition coefficient (Wildman–Crippen LogP) is 6.65. The summed E-state index contributed by atoms with van der Waals surface area (Å²) in [5.41, 5.74) is 8.79. The van der Waals surface area contributed by atoms with Crippen molar-refractivity contribution in [2.75, 3.05) is 6.61 Å². The Balaban J connectivity index is 1.42. The molecule has 2 aromatic carbocycles. The summed E-state index contributed by atoms with van der Waals surface area (Å²) in [5.74, 6) is 8.13. The van der Waals surface area contributed by atoms with Gasteiger partial charge < -0.3 is 9.47 Å². The van der Waals surface area contributed by atoms with Crippen molar-refractivity contribution in [3.63, 3.8) is 0 Å². The van der Waals surface area contributed by atoms with E-state index in [1.807, 2.05) is 37.3 Å². The monoisotopic (exact) mass is 438 g/mol. The van der Waals surface area contributed by atoms with Crippen LogP contribution in [-0.4, -0.2) is 18.2 Å². The van der Waals surface area contributed by atoms with Crippen LogP contribution in [0.5, 0.6) is 5.75 Å². The van der Waals surface area contributed by atoms with E-state index in [9.17, 15) is 4.79 Å². The van der Waals surface area contributed by atoms with E-state index in [0.29, 0.717) is 18.1 Å². The van der Waals surface area contributed by atoms with Gasteiger partial charge in [-0.25, -0.2) is 4.79 Å². The Hall–Kier alpha value is -3.25. The minimum atomic E-state index is -0.281. The smallest absolute Gasteiger partial charge is 0.333 e. The summed E-state index contributed by atoms with van der Waals surface area (Å²) in [6.45, 7) is 8.41. The summed E-state index contributed by atoms with van der Waals surface area (Å²) in [7, 11) is 0. The van der Waals surface area contributed by atoms with Crippen LogP contribution in [0, 0.1) is 11.8 Å². The standard InChI is InChI=1S/C30H30O3/c1-5-32-29(31)19(2)16-23-9-6-22(7-10-23)8-11-24-17-26-20(3)21(4)30(14-15-30)33-28(26)27(18-24)25-12-13-25/h6-7,9-10,16-18,25H,5,12-15H2,1-4H3. The number of rotatable bonds is 4. The number of hydrogen-bond donors (Lipinski definition) is 0. The van der Waals surface area contributed by atoms with E-state index in [-0.39, 0.29) is 11.6 Å².